The first kappa shape index (κ1) is 14.2. The van der Waals surface area contributed by atoms with Crippen molar-refractivity contribution < 1.29 is 18.3 Å². The molecule has 0 atom stereocenters. The van der Waals surface area contributed by atoms with Crippen LogP contribution in [-0.2, 0) is 16.0 Å². The van der Waals surface area contributed by atoms with Crippen LogP contribution >= 0.6 is 23.2 Å². The molecule has 0 amide bonds. The largest absolute Gasteiger partial charge is 0.466 e. The molecule has 0 heterocycles. The lowest BCUT2D eigenvalue weighted by Crippen LogP contribution is -2.07. The Balaban J connectivity index is 2.85. The molecule has 17 heavy (non-hydrogen) atoms. The van der Waals surface area contributed by atoms with Gasteiger partial charge in [-0.2, -0.15) is 0 Å². The fourth-order valence-electron chi connectivity index (χ4n) is 1.29. The van der Waals surface area contributed by atoms with E-state index in [1.54, 1.807) is 6.92 Å². The molecule has 1 rings (SSSR count). The van der Waals surface area contributed by atoms with Gasteiger partial charge in [0.05, 0.1) is 16.7 Å². The normalized spacial score (nSPS) is 10.4. The van der Waals surface area contributed by atoms with Gasteiger partial charge in [-0.15, -0.1) is 0 Å². The fraction of sp³-hybridized carbons (Fsp3) is 0.364. The summed E-state index contributed by atoms with van der Waals surface area (Å²) in [5, 5.41) is -0.772. The number of hydrogen-bond donors (Lipinski definition) is 0. The zero-order valence-corrected chi connectivity index (χ0v) is 10.5. The smallest absolute Gasteiger partial charge is 0.306 e. The van der Waals surface area contributed by atoms with Crippen molar-refractivity contribution in [2.24, 2.45) is 0 Å². The predicted octanol–water partition coefficient (Wildman–Crippen LogP) is 3.77. The van der Waals surface area contributed by atoms with Crippen molar-refractivity contribution in [1.82, 2.24) is 0 Å². The van der Waals surface area contributed by atoms with E-state index in [4.69, 9.17) is 23.2 Å². The van der Waals surface area contributed by atoms with Crippen LogP contribution in [-0.4, -0.2) is 12.6 Å². The van der Waals surface area contributed by atoms with Gasteiger partial charge in [0.1, 0.15) is 5.82 Å². The number of hydrogen-bond acceptors (Lipinski definition) is 2. The van der Waals surface area contributed by atoms with Crippen molar-refractivity contribution in [2.45, 2.75) is 19.8 Å². The average molecular weight is 283 g/mol. The van der Waals surface area contributed by atoms with Crippen LogP contribution in [0, 0.1) is 11.6 Å². The molecule has 94 valence electrons. The van der Waals surface area contributed by atoms with Crippen LogP contribution in [0.3, 0.4) is 0 Å². The van der Waals surface area contributed by atoms with Gasteiger partial charge >= 0.3 is 5.97 Å². The van der Waals surface area contributed by atoms with Gasteiger partial charge in [-0.3, -0.25) is 4.79 Å². The summed E-state index contributed by atoms with van der Waals surface area (Å²) in [6.07, 6.45) is -0.0941. The molecule has 0 aliphatic carbocycles. The summed E-state index contributed by atoms with van der Waals surface area (Å²) < 4.78 is 31.4. The lowest BCUT2D eigenvalue weighted by molar-refractivity contribution is -0.143. The van der Waals surface area contributed by atoms with E-state index in [9.17, 15) is 13.6 Å². The molecule has 6 heteroatoms. The monoisotopic (exact) mass is 282 g/mol. The molecule has 0 N–H and O–H groups in total. The van der Waals surface area contributed by atoms with Crippen molar-refractivity contribution in [2.75, 3.05) is 6.61 Å². The van der Waals surface area contributed by atoms with Crippen molar-refractivity contribution in [3.05, 3.63) is 33.3 Å². The first-order valence-corrected chi connectivity index (χ1v) is 5.70. The molecule has 0 radical (unpaired) electrons. The topological polar surface area (TPSA) is 26.3 Å². The zero-order valence-electron chi connectivity index (χ0n) is 9.03. The van der Waals surface area contributed by atoms with Gasteiger partial charge in [0.15, 0.2) is 5.82 Å². The Morgan fingerprint density at radius 2 is 2.06 bits per heavy atom. The second-order valence-corrected chi connectivity index (χ2v) is 4.04. The molecule has 0 aromatic heterocycles. The molecular formula is C11H10Cl2F2O2. The standard InChI is InChI=1S/C11H10Cl2F2O2/c1-2-17-9(16)4-3-6-8(14)5-7(12)11(15)10(6)13/h5H,2-4H2,1H3. The number of esters is 1. The van der Waals surface area contributed by atoms with Gasteiger partial charge < -0.3 is 4.74 Å². The third kappa shape index (κ3) is 3.54. The number of carbonyl (C=O) groups excluding carboxylic acids is 1. The fourth-order valence-corrected chi connectivity index (χ4v) is 1.82. The van der Waals surface area contributed by atoms with E-state index in [1.807, 2.05) is 0 Å². The molecule has 0 saturated heterocycles. The highest BCUT2D eigenvalue weighted by Crippen LogP contribution is 2.29. The number of carbonyl (C=O) groups is 1. The highest BCUT2D eigenvalue weighted by atomic mass is 35.5. The van der Waals surface area contributed by atoms with E-state index < -0.39 is 17.6 Å². The molecular weight excluding hydrogens is 273 g/mol. The van der Waals surface area contributed by atoms with E-state index in [0.717, 1.165) is 6.07 Å². The second kappa shape index (κ2) is 6.17. The number of ether oxygens (including phenoxy) is 1. The van der Waals surface area contributed by atoms with Gasteiger partial charge in [-0.05, 0) is 19.4 Å². The van der Waals surface area contributed by atoms with Gasteiger partial charge in [0, 0.05) is 12.0 Å². The molecule has 0 unspecified atom stereocenters. The summed E-state index contributed by atoms with van der Waals surface area (Å²) in [7, 11) is 0. The number of rotatable bonds is 4. The van der Waals surface area contributed by atoms with Crippen LogP contribution in [0.1, 0.15) is 18.9 Å². The lowest BCUT2D eigenvalue weighted by Gasteiger charge is -2.07. The summed E-state index contributed by atoms with van der Waals surface area (Å²) in [6, 6.07) is 0.837. The summed E-state index contributed by atoms with van der Waals surface area (Å²) in [5.41, 5.74) is -0.0679. The van der Waals surface area contributed by atoms with E-state index in [0.29, 0.717) is 0 Å². The first-order valence-electron chi connectivity index (χ1n) is 4.94. The maximum absolute atomic E-state index is 13.4. The van der Waals surface area contributed by atoms with Crippen LogP contribution < -0.4 is 0 Å². The molecule has 0 bridgehead atoms. The van der Waals surface area contributed by atoms with Crippen molar-refractivity contribution in [3.8, 4) is 0 Å². The molecule has 1 aromatic rings. The van der Waals surface area contributed by atoms with Crippen LogP contribution in [0.4, 0.5) is 8.78 Å². The minimum atomic E-state index is -0.881. The molecule has 0 spiro atoms. The Morgan fingerprint density at radius 1 is 1.41 bits per heavy atom. The maximum Gasteiger partial charge on any atom is 0.306 e. The van der Waals surface area contributed by atoms with E-state index in [2.05, 4.69) is 4.74 Å². The number of benzene rings is 1. The Morgan fingerprint density at radius 3 is 2.65 bits per heavy atom. The van der Waals surface area contributed by atoms with Crippen LogP contribution in [0.25, 0.3) is 0 Å². The highest BCUT2D eigenvalue weighted by Gasteiger charge is 2.17. The molecule has 0 aliphatic rings. The molecule has 0 fully saturated rings. The van der Waals surface area contributed by atoms with E-state index in [-0.39, 0.29) is 35.1 Å². The number of halogens is 4. The van der Waals surface area contributed by atoms with E-state index >= 15 is 0 Å². The lowest BCUT2D eigenvalue weighted by atomic mass is 10.1. The molecule has 1 aromatic carbocycles. The summed E-state index contributed by atoms with van der Waals surface area (Å²) in [4.78, 5) is 11.1. The van der Waals surface area contributed by atoms with Gasteiger partial charge in [-0.25, -0.2) is 8.78 Å². The first-order chi connectivity index (χ1) is 7.97. The highest BCUT2D eigenvalue weighted by molar-refractivity contribution is 6.35. The minimum absolute atomic E-state index is 0.0302. The van der Waals surface area contributed by atoms with Gasteiger partial charge in [0.2, 0.25) is 0 Å². The van der Waals surface area contributed by atoms with Crippen LogP contribution in [0.5, 0.6) is 0 Å². The Hall–Kier alpha value is -0.870. The van der Waals surface area contributed by atoms with Crippen molar-refractivity contribution in [1.29, 1.82) is 0 Å². The summed E-state index contributed by atoms with van der Waals surface area (Å²) >= 11 is 11.0. The van der Waals surface area contributed by atoms with Gasteiger partial charge in [0.25, 0.3) is 0 Å². The molecule has 0 saturated carbocycles. The molecule has 0 aliphatic heterocycles. The zero-order chi connectivity index (χ0) is 13.0. The summed E-state index contributed by atoms with van der Waals surface area (Å²) in [6.45, 7) is 1.90. The predicted molar refractivity (Wildman–Crippen MR) is 61.3 cm³/mol. The Labute approximate surface area is 107 Å². The van der Waals surface area contributed by atoms with Crippen LogP contribution in [0.15, 0.2) is 6.07 Å². The van der Waals surface area contributed by atoms with E-state index in [1.165, 1.54) is 0 Å². The molecule has 2 nitrogen and oxygen atoms in total. The quantitative estimate of drug-likeness (QED) is 0.477. The van der Waals surface area contributed by atoms with Crippen molar-refractivity contribution in [3.63, 3.8) is 0 Å². The summed E-state index contributed by atoms with van der Waals surface area (Å²) in [5.74, 6) is -2.10. The van der Waals surface area contributed by atoms with Crippen molar-refractivity contribution >= 4 is 29.2 Å². The third-order valence-corrected chi connectivity index (χ3v) is 2.76. The minimum Gasteiger partial charge on any atom is -0.466 e. The Bertz CT molecular complexity index is 436. The van der Waals surface area contributed by atoms with Gasteiger partial charge in [-0.1, -0.05) is 23.2 Å². The average Bonchev–Trinajstić information content (AvgIpc) is 2.26. The van der Waals surface area contributed by atoms with Crippen LogP contribution in [0.2, 0.25) is 10.0 Å². The second-order valence-electron chi connectivity index (χ2n) is 3.25. The Kier molecular flexibility index (Phi) is 5.15. The SMILES string of the molecule is CCOC(=O)CCc1c(F)cc(Cl)c(F)c1Cl. The third-order valence-electron chi connectivity index (χ3n) is 2.09. The maximum atomic E-state index is 13.4.